The van der Waals surface area contributed by atoms with Gasteiger partial charge in [0.05, 0.1) is 13.7 Å². The zero-order chi connectivity index (χ0) is 14.5. The van der Waals surface area contributed by atoms with Crippen LogP contribution in [0.4, 0.5) is 4.39 Å². The number of thiophene rings is 1. The number of ether oxygens (including phenoxy) is 2. The van der Waals surface area contributed by atoms with Crippen molar-refractivity contribution < 1.29 is 18.7 Å². The summed E-state index contributed by atoms with van der Waals surface area (Å²) in [5.41, 5.74) is 1.91. The van der Waals surface area contributed by atoms with Crippen LogP contribution in [-0.2, 0) is 16.0 Å². The summed E-state index contributed by atoms with van der Waals surface area (Å²) in [7, 11) is 1.52. The lowest BCUT2D eigenvalue weighted by Gasteiger charge is -2.09. The Morgan fingerprint density at radius 2 is 2.15 bits per heavy atom. The highest BCUT2D eigenvalue weighted by Crippen LogP contribution is 2.36. The van der Waals surface area contributed by atoms with Gasteiger partial charge in [0.2, 0.25) is 0 Å². The van der Waals surface area contributed by atoms with E-state index in [-0.39, 0.29) is 11.8 Å². The van der Waals surface area contributed by atoms with E-state index in [0.29, 0.717) is 18.8 Å². The fraction of sp³-hybridized carbons (Fsp3) is 0.267. The lowest BCUT2D eigenvalue weighted by Crippen LogP contribution is -2.03. The second-order valence-corrected chi connectivity index (χ2v) is 5.13. The largest absolute Gasteiger partial charge is 0.496 e. The summed E-state index contributed by atoms with van der Waals surface area (Å²) in [6.45, 7) is 1.72. The Kier molecular flexibility index (Phi) is 4.74. The Morgan fingerprint density at radius 3 is 2.85 bits per heavy atom. The Balaban J connectivity index is 2.25. The third-order valence-electron chi connectivity index (χ3n) is 2.83. The number of benzene rings is 1. The van der Waals surface area contributed by atoms with Crippen molar-refractivity contribution in [1.82, 2.24) is 0 Å². The predicted octanol–water partition coefficient (Wildman–Crippen LogP) is 3.67. The van der Waals surface area contributed by atoms with E-state index in [1.54, 1.807) is 17.4 Å². The zero-order valence-corrected chi connectivity index (χ0v) is 12.1. The summed E-state index contributed by atoms with van der Waals surface area (Å²) in [5.74, 6) is -0.119. The third-order valence-corrected chi connectivity index (χ3v) is 3.82. The van der Waals surface area contributed by atoms with Crippen molar-refractivity contribution in [3.63, 3.8) is 0 Å². The molecule has 1 aromatic carbocycles. The van der Waals surface area contributed by atoms with E-state index in [0.717, 1.165) is 16.0 Å². The molecule has 0 aliphatic rings. The molecule has 0 spiro atoms. The summed E-state index contributed by atoms with van der Waals surface area (Å²) in [4.78, 5) is 11.8. The first-order valence-corrected chi connectivity index (χ1v) is 7.03. The molecule has 3 nitrogen and oxygen atoms in total. The van der Waals surface area contributed by atoms with Gasteiger partial charge in [0.1, 0.15) is 11.6 Å². The molecule has 0 fully saturated rings. The summed E-state index contributed by atoms with van der Waals surface area (Å²) >= 11 is 1.55. The summed E-state index contributed by atoms with van der Waals surface area (Å²) in [6.07, 6.45) is 0.624. The average Bonchev–Trinajstić information content (AvgIpc) is 2.86. The van der Waals surface area contributed by atoms with Crippen molar-refractivity contribution in [3.05, 3.63) is 41.0 Å². The molecule has 0 bridgehead atoms. The lowest BCUT2D eigenvalue weighted by molar-refractivity contribution is -0.140. The van der Waals surface area contributed by atoms with Gasteiger partial charge in [-0.05, 0) is 29.1 Å². The molecule has 1 heterocycles. The quantitative estimate of drug-likeness (QED) is 0.789. The Hall–Kier alpha value is -1.88. The Morgan fingerprint density at radius 1 is 1.35 bits per heavy atom. The number of esters is 1. The van der Waals surface area contributed by atoms with Crippen LogP contribution in [0.1, 0.15) is 12.5 Å². The van der Waals surface area contributed by atoms with Gasteiger partial charge in [-0.15, -0.1) is 11.3 Å². The highest BCUT2D eigenvalue weighted by Gasteiger charge is 2.13. The van der Waals surface area contributed by atoms with Crippen molar-refractivity contribution in [1.29, 1.82) is 0 Å². The van der Waals surface area contributed by atoms with E-state index in [9.17, 15) is 9.18 Å². The number of methoxy groups -OCH3 is 1. The molecule has 106 valence electrons. The van der Waals surface area contributed by atoms with Gasteiger partial charge in [0.25, 0.3) is 0 Å². The average molecular weight is 294 g/mol. The van der Waals surface area contributed by atoms with Crippen molar-refractivity contribution in [2.45, 2.75) is 13.3 Å². The molecule has 0 amide bonds. The van der Waals surface area contributed by atoms with Gasteiger partial charge in [-0.1, -0.05) is 0 Å². The van der Waals surface area contributed by atoms with Gasteiger partial charge >= 0.3 is 5.97 Å². The molecular formula is C15H15FO3S. The second kappa shape index (κ2) is 6.52. The van der Waals surface area contributed by atoms with Gasteiger partial charge in [-0.25, -0.2) is 4.39 Å². The molecule has 0 radical (unpaired) electrons. The maximum absolute atomic E-state index is 13.2. The molecule has 0 saturated heterocycles. The molecule has 2 rings (SSSR count). The van der Waals surface area contributed by atoms with Gasteiger partial charge in [0, 0.05) is 29.9 Å². The maximum Gasteiger partial charge on any atom is 0.302 e. The van der Waals surface area contributed by atoms with Gasteiger partial charge < -0.3 is 9.47 Å². The molecule has 2 aromatic rings. The monoisotopic (exact) mass is 294 g/mol. The summed E-state index contributed by atoms with van der Waals surface area (Å²) in [6, 6.07) is 6.46. The molecule has 0 N–H and O–H groups in total. The van der Waals surface area contributed by atoms with E-state index in [1.165, 1.54) is 26.2 Å². The second-order valence-electron chi connectivity index (χ2n) is 4.21. The Labute approximate surface area is 121 Å². The summed E-state index contributed by atoms with van der Waals surface area (Å²) < 4.78 is 23.4. The fourth-order valence-corrected chi connectivity index (χ4v) is 2.91. The van der Waals surface area contributed by atoms with Crippen LogP contribution in [0.15, 0.2) is 29.6 Å². The molecule has 0 atom stereocenters. The van der Waals surface area contributed by atoms with Crippen LogP contribution >= 0.6 is 11.3 Å². The van der Waals surface area contributed by atoms with Crippen LogP contribution in [0.3, 0.4) is 0 Å². The van der Waals surface area contributed by atoms with Crippen LogP contribution < -0.4 is 4.74 Å². The fourth-order valence-electron chi connectivity index (χ4n) is 1.93. The van der Waals surface area contributed by atoms with Crippen molar-refractivity contribution >= 4 is 17.3 Å². The van der Waals surface area contributed by atoms with E-state index >= 15 is 0 Å². The van der Waals surface area contributed by atoms with E-state index in [1.807, 2.05) is 11.4 Å². The van der Waals surface area contributed by atoms with Gasteiger partial charge in [-0.2, -0.15) is 0 Å². The van der Waals surface area contributed by atoms with Gasteiger partial charge in [0.15, 0.2) is 0 Å². The predicted molar refractivity (Wildman–Crippen MR) is 76.6 cm³/mol. The molecule has 5 heteroatoms. The van der Waals surface area contributed by atoms with Crippen molar-refractivity contribution in [2.75, 3.05) is 13.7 Å². The van der Waals surface area contributed by atoms with Crippen LogP contribution in [0, 0.1) is 5.82 Å². The number of carbonyl (C=O) groups is 1. The van der Waals surface area contributed by atoms with Crippen molar-refractivity contribution in [2.24, 2.45) is 0 Å². The molecule has 0 aliphatic carbocycles. The minimum absolute atomic E-state index is 0.291. The molecular weight excluding hydrogens is 279 g/mol. The number of rotatable bonds is 5. The van der Waals surface area contributed by atoms with Crippen molar-refractivity contribution in [3.8, 4) is 16.2 Å². The van der Waals surface area contributed by atoms with Crippen LogP contribution in [0.5, 0.6) is 5.75 Å². The van der Waals surface area contributed by atoms with E-state index in [4.69, 9.17) is 9.47 Å². The van der Waals surface area contributed by atoms with Crippen LogP contribution in [-0.4, -0.2) is 19.7 Å². The van der Waals surface area contributed by atoms with E-state index in [2.05, 4.69) is 0 Å². The molecule has 0 aliphatic heterocycles. The minimum Gasteiger partial charge on any atom is -0.496 e. The van der Waals surface area contributed by atoms with Gasteiger partial charge in [-0.3, -0.25) is 4.79 Å². The first-order valence-electron chi connectivity index (χ1n) is 6.15. The van der Waals surface area contributed by atoms with E-state index < -0.39 is 0 Å². The number of hydrogen-bond donors (Lipinski definition) is 0. The molecule has 0 saturated carbocycles. The molecule has 0 unspecified atom stereocenters. The number of hydrogen-bond acceptors (Lipinski definition) is 4. The minimum atomic E-state index is -0.330. The van der Waals surface area contributed by atoms with Crippen LogP contribution in [0.2, 0.25) is 0 Å². The first-order chi connectivity index (χ1) is 9.61. The number of carbonyl (C=O) groups excluding carboxylic acids is 1. The standard InChI is InChI=1S/C15H15FO3S/c1-10(17)19-7-5-11-6-8-20-15(11)13-4-3-12(16)9-14(13)18-2/h3-4,6,8-9H,5,7H2,1-2H3. The SMILES string of the molecule is COc1cc(F)ccc1-c1sccc1CCOC(C)=O. The summed E-state index contributed by atoms with van der Waals surface area (Å²) in [5, 5.41) is 1.96. The third kappa shape index (κ3) is 3.36. The normalized spacial score (nSPS) is 10.3. The van der Waals surface area contributed by atoms with Crippen LogP contribution in [0.25, 0.3) is 10.4 Å². The molecule has 1 aromatic heterocycles. The smallest absolute Gasteiger partial charge is 0.302 e. The zero-order valence-electron chi connectivity index (χ0n) is 11.3. The lowest BCUT2D eigenvalue weighted by atomic mass is 10.1. The maximum atomic E-state index is 13.2. The topological polar surface area (TPSA) is 35.5 Å². The Bertz CT molecular complexity index is 607. The first kappa shape index (κ1) is 14.5. The highest BCUT2D eigenvalue weighted by molar-refractivity contribution is 7.13. The molecule has 20 heavy (non-hydrogen) atoms. The highest BCUT2D eigenvalue weighted by atomic mass is 32.1. The number of halogens is 1.